The van der Waals surface area contributed by atoms with Gasteiger partial charge in [0.05, 0.1) is 0 Å². The second kappa shape index (κ2) is 2.80. The van der Waals surface area contributed by atoms with Gasteiger partial charge in [0.1, 0.15) is 0 Å². The molecular formula is C7H6N2. The van der Waals surface area contributed by atoms with Crippen molar-refractivity contribution in [3.63, 3.8) is 0 Å². The summed E-state index contributed by atoms with van der Waals surface area (Å²) in [5, 5.41) is 6.61. The van der Waals surface area contributed by atoms with E-state index in [9.17, 15) is 0 Å². The summed E-state index contributed by atoms with van der Waals surface area (Å²) in [4.78, 5) is 3.82. The number of nitrogens with zero attached hydrogens (tertiary/aromatic N) is 1. The van der Waals surface area contributed by atoms with Gasteiger partial charge in [-0.05, 0) is 23.6 Å². The molecule has 0 atom stereocenters. The summed E-state index contributed by atoms with van der Waals surface area (Å²) in [7, 11) is 0. The van der Waals surface area contributed by atoms with Crippen LogP contribution in [0.3, 0.4) is 0 Å². The van der Waals surface area contributed by atoms with Crippen molar-refractivity contribution in [2.45, 2.75) is 0 Å². The fourth-order valence-corrected chi connectivity index (χ4v) is 0.543. The Morgan fingerprint density at radius 1 is 1.44 bits per heavy atom. The van der Waals surface area contributed by atoms with Gasteiger partial charge in [0.25, 0.3) is 0 Å². The third-order valence-electron chi connectivity index (χ3n) is 0.945. The van der Waals surface area contributed by atoms with Crippen molar-refractivity contribution >= 4 is 11.9 Å². The molecule has 0 aromatic carbocycles. The molecule has 1 aromatic heterocycles. The van der Waals surface area contributed by atoms with Gasteiger partial charge < -0.3 is 0 Å². The summed E-state index contributed by atoms with van der Waals surface area (Å²) in [5.41, 5.74) is 0.958. The fourth-order valence-electron chi connectivity index (χ4n) is 0.543. The van der Waals surface area contributed by atoms with Crippen molar-refractivity contribution in [2.24, 2.45) is 0 Å². The molecule has 0 aliphatic rings. The molecule has 1 heterocycles. The van der Waals surface area contributed by atoms with Crippen molar-refractivity contribution in [3.8, 4) is 0 Å². The minimum Gasteiger partial charge on any atom is -0.265 e. The van der Waals surface area contributed by atoms with E-state index in [1.807, 2.05) is 12.1 Å². The lowest BCUT2D eigenvalue weighted by atomic mass is 10.3. The van der Waals surface area contributed by atoms with Crippen LogP contribution in [0.25, 0.3) is 6.08 Å². The lowest BCUT2D eigenvalue weighted by Crippen LogP contribution is -1.70. The zero-order chi connectivity index (χ0) is 6.53. The van der Waals surface area contributed by atoms with E-state index >= 15 is 0 Å². The van der Waals surface area contributed by atoms with Crippen LogP contribution in [0.1, 0.15) is 5.56 Å². The molecule has 0 aliphatic carbocycles. The summed E-state index contributed by atoms with van der Waals surface area (Å²) >= 11 is 0. The average Bonchev–Trinajstić information content (AvgIpc) is 1.91. The number of nitrogens with one attached hydrogen (secondary N) is 1. The van der Waals surface area contributed by atoms with Crippen molar-refractivity contribution < 1.29 is 0 Å². The molecule has 0 spiro atoms. The lowest BCUT2D eigenvalue weighted by molar-refractivity contribution is 1.32. The van der Waals surface area contributed by atoms with Crippen molar-refractivity contribution in [3.05, 3.63) is 30.1 Å². The number of pyridine rings is 1. The van der Waals surface area contributed by atoms with Crippen LogP contribution < -0.4 is 0 Å². The normalized spacial score (nSPS) is 8.00. The quantitative estimate of drug-likeness (QED) is 0.555. The van der Waals surface area contributed by atoms with Crippen LogP contribution in [0.5, 0.6) is 0 Å². The second-order valence-electron chi connectivity index (χ2n) is 1.57. The topological polar surface area (TPSA) is 36.7 Å². The molecule has 1 rings (SSSR count). The van der Waals surface area contributed by atoms with Gasteiger partial charge in [0.2, 0.25) is 0 Å². The molecule has 0 bridgehead atoms. The van der Waals surface area contributed by atoms with Crippen LogP contribution in [-0.2, 0) is 0 Å². The van der Waals surface area contributed by atoms with Crippen LogP contribution in [0.4, 0.5) is 0 Å². The van der Waals surface area contributed by atoms with E-state index in [4.69, 9.17) is 5.41 Å². The highest BCUT2D eigenvalue weighted by molar-refractivity contribution is 5.75. The molecule has 0 aliphatic heterocycles. The van der Waals surface area contributed by atoms with Crippen molar-refractivity contribution in [2.75, 3.05) is 0 Å². The molecule has 0 amide bonds. The minimum atomic E-state index is 0.958. The summed E-state index contributed by atoms with van der Waals surface area (Å²) in [6.07, 6.45) is 4.95. The molecule has 44 valence electrons. The predicted molar refractivity (Wildman–Crippen MR) is 36.4 cm³/mol. The Kier molecular flexibility index (Phi) is 1.78. The van der Waals surface area contributed by atoms with Gasteiger partial charge in [-0.2, -0.15) is 0 Å². The average molecular weight is 118 g/mol. The highest BCUT2D eigenvalue weighted by atomic mass is 14.6. The largest absolute Gasteiger partial charge is 0.265 e. The molecule has 0 unspecified atom stereocenters. The molecule has 1 aromatic rings. The molecule has 0 radical (unpaired) electrons. The van der Waals surface area contributed by atoms with E-state index < -0.39 is 0 Å². The van der Waals surface area contributed by atoms with E-state index in [0.717, 1.165) is 5.56 Å². The summed E-state index contributed by atoms with van der Waals surface area (Å²) in [6, 6.07) is 3.64. The first-order valence-electron chi connectivity index (χ1n) is 2.59. The SMILES string of the molecule is N=C=Cc1ccncc1. The van der Waals surface area contributed by atoms with E-state index in [0.29, 0.717) is 0 Å². The molecule has 0 saturated heterocycles. The predicted octanol–water partition coefficient (Wildman–Crippen LogP) is 1.34. The standard InChI is InChI=1S/C7H6N2/c8-4-1-7-2-5-9-6-3-7/h1-3,5-6,8H. The maximum atomic E-state index is 6.61. The van der Waals surface area contributed by atoms with Crippen LogP contribution in [0, 0.1) is 5.41 Å². The van der Waals surface area contributed by atoms with Crippen LogP contribution in [0.15, 0.2) is 24.5 Å². The second-order valence-corrected chi connectivity index (χ2v) is 1.57. The molecule has 0 saturated carbocycles. The van der Waals surface area contributed by atoms with Gasteiger partial charge in [0, 0.05) is 18.5 Å². The summed E-state index contributed by atoms with van der Waals surface area (Å²) < 4.78 is 0. The fraction of sp³-hybridized carbons (Fsp3) is 0. The van der Waals surface area contributed by atoms with Gasteiger partial charge in [-0.15, -0.1) is 0 Å². The lowest BCUT2D eigenvalue weighted by Gasteiger charge is -1.84. The molecule has 1 N–H and O–H groups in total. The van der Waals surface area contributed by atoms with Crippen molar-refractivity contribution in [1.82, 2.24) is 4.98 Å². The molecule has 2 nitrogen and oxygen atoms in total. The third-order valence-corrected chi connectivity index (χ3v) is 0.945. The highest BCUT2D eigenvalue weighted by Gasteiger charge is 1.78. The summed E-state index contributed by atoms with van der Waals surface area (Å²) in [6.45, 7) is 0. The minimum absolute atomic E-state index is 0.958. The molecule has 9 heavy (non-hydrogen) atoms. The molecule has 2 heteroatoms. The maximum absolute atomic E-state index is 6.61. The van der Waals surface area contributed by atoms with Crippen molar-refractivity contribution in [1.29, 1.82) is 5.41 Å². The summed E-state index contributed by atoms with van der Waals surface area (Å²) in [5.74, 6) is 2.18. The van der Waals surface area contributed by atoms with E-state index in [-0.39, 0.29) is 0 Å². The Morgan fingerprint density at radius 3 is 2.67 bits per heavy atom. The van der Waals surface area contributed by atoms with Gasteiger partial charge >= 0.3 is 0 Å². The monoisotopic (exact) mass is 118 g/mol. The van der Waals surface area contributed by atoms with E-state index in [2.05, 4.69) is 10.9 Å². The smallest absolute Gasteiger partial charge is 0.0273 e. The Bertz CT molecular complexity index is 222. The van der Waals surface area contributed by atoms with Crippen LogP contribution in [0.2, 0.25) is 0 Å². The number of hydrogen-bond acceptors (Lipinski definition) is 2. The Labute approximate surface area is 53.4 Å². The first-order valence-corrected chi connectivity index (χ1v) is 2.59. The highest BCUT2D eigenvalue weighted by Crippen LogP contribution is 1.94. The first-order chi connectivity index (χ1) is 4.43. The van der Waals surface area contributed by atoms with Gasteiger partial charge in [-0.25, -0.2) is 0 Å². The Balaban J connectivity index is 2.97. The van der Waals surface area contributed by atoms with E-state index in [1.165, 1.54) is 0 Å². The van der Waals surface area contributed by atoms with Gasteiger partial charge in [-0.3, -0.25) is 10.4 Å². The number of hydrogen-bond donors (Lipinski definition) is 1. The third kappa shape index (κ3) is 1.52. The van der Waals surface area contributed by atoms with E-state index in [1.54, 1.807) is 18.5 Å². The molecular weight excluding hydrogens is 112 g/mol. The zero-order valence-corrected chi connectivity index (χ0v) is 4.83. The number of aromatic nitrogens is 1. The molecule has 0 fully saturated rings. The van der Waals surface area contributed by atoms with Gasteiger partial charge in [-0.1, -0.05) is 0 Å². The zero-order valence-electron chi connectivity index (χ0n) is 4.83. The van der Waals surface area contributed by atoms with Crippen LogP contribution in [-0.4, -0.2) is 10.9 Å². The maximum Gasteiger partial charge on any atom is 0.0273 e. The van der Waals surface area contributed by atoms with Gasteiger partial charge in [0.15, 0.2) is 0 Å². The Hall–Kier alpha value is -1.40. The first kappa shape index (κ1) is 5.73. The number of rotatable bonds is 1. The Morgan fingerprint density at radius 2 is 2.11 bits per heavy atom. The van der Waals surface area contributed by atoms with Crippen LogP contribution >= 0.6 is 0 Å².